The van der Waals surface area contributed by atoms with Gasteiger partial charge in [0, 0.05) is 13.1 Å². The second kappa shape index (κ2) is 6.75. The maximum Gasteiger partial charge on any atom is 0.266 e. The molecule has 0 radical (unpaired) electrons. The minimum absolute atomic E-state index is 0.0558. The highest BCUT2D eigenvalue weighted by Gasteiger charge is 2.42. The number of benzene rings is 1. The van der Waals surface area contributed by atoms with Crippen LogP contribution in [0.4, 0.5) is 13.2 Å². The van der Waals surface area contributed by atoms with Gasteiger partial charge in [-0.2, -0.15) is 5.10 Å². The van der Waals surface area contributed by atoms with Crippen molar-refractivity contribution < 1.29 is 23.1 Å². The third kappa shape index (κ3) is 3.21. The third-order valence-corrected chi connectivity index (χ3v) is 4.90. The Morgan fingerprint density at radius 3 is 2.31 bits per heavy atom. The number of rotatable bonds is 3. The van der Waals surface area contributed by atoms with Gasteiger partial charge in [0.1, 0.15) is 11.4 Å². The van der Waals surface area contributed by atoms with Gasteiger partial charge in [0.15, 0.2) is 0 Å². The number of nitrogens with zero attached hydrogens (tertiary/aromatic N) is 3. The fourth-order valence-electron chi connectivity index (χ4n) is 3.26. The molecule has 0 saturated carbocycles. The Morgan fingerprint density at radius 2 is 1.77 bits per heavy atom. The zero-order chi connectivity index (χ0) is 19.1. The van der Waals surface area contributed by atoms with Crippen molar-refractivity contribution in [3.8, 4) is 5.69 Å². The summed E-state index contributed by atoms with van der Waals surface area (Å²) in [5.41, 5.74) is 0.0907. The van der Waals surface area contributed by atoms with Crippen molar-refractivity contribution in [1.82, 2.24) is 14.7 Å². The molecule has 0 bridgehead atoms. The number of aliphatic hydroxyl groups is 1. The minimum atomic E-state index is -2.83. The van der Waals surface area contributed by atoms with Crippen molar-refractivity contribution in [1.29, 1.82) is 0 Å². The molecule has 1 aromatic heterocycles. The Hall–Kier alpha value is -2.35. The van der Waals surface area contributed by atoms with Gasteiger partial charge in [-0.15, -0.1) is 0 Å². The second-order valence-electron chi connectivity index (χ2n) is 6.63. The Labute approximate surface area is 149 Å². The highest BCUT2D eigenvalue weighted by atomic mass is 19.3. The number of hydrogen-bond donors (Lipinski definition) is 1. The van der Waals surface area contributed by atoms with E-state index in [9.17, 15) is 23.1 Å². The predicted molar refractivity (Wildman–Crippen MR) is 89.1 cm³/mol. The van der Waals surface area contributed by atoms with Crippen molar-refractivity contribution in [2.24, 2.45) is 0 Å². The van der Waals surface area contributed by atoms with Crippen LogP contribution in [0, 0.1) is 19.7 Å². The molecule has 8 heteroatoms. The van der Waals surface area contributed by atoms with Crippen LogP contribution >= 0.6 is 0 Å². The summed E-state index contributed by atoms with van der Waals surface area (Å²) in [6, 6.07) is 5.74. The molecule has 140 valence electrons. The van der Waals surface area contributed by atoms with Crippen LogP contribution in [0.15, 0.2) is 24.3 Å². The summed E-state index contributed by atoms with van der Waals surface area (Å²) in [5.74, 6) is -0.670. The van der Waals surface area contributed by atoms with E-state index in [4.69, 9.17) is 0 Å². The molecule has 26 heavy (non-hydrogen) atoms. The van der Waals surface area contributed by atoms with Crippen molar-refractivity contribution in [3.05, 3.63) is 47.0 Å². The molecule has 1 fully saturated rings. The molecule has 0 atom stereocenters. The molecule has 2 heterocycles. The van der Waals surface area contributed by atoms with Crippen LogP contribution in [-0.4, -0.2) is 50.8 Å². The van der Waals surface area contributed by atoms with Gasteiger partial charge in [-0.25, -0.2) is 17.9 Å². The number of likely N-dealkylation sites (tertiary alicyclic amines) is 1. The lowest BCUT2D eigenvalue weighted by molar-refractivity contribution is -0.122. The molecule has 1 saturated heterocycles. The number of amides is 1. The largest absolute Gasteiger partial charge is 0.384 e. The topological polar surface area (TPSA) is 58.4 Å². The molecule has 1 aliphatic rings. The Morgan fingerprint density at radius 1 is 1.19 bits per heavy atom. The van der Waals surface area contributed by atoms with Gasteiger partial charge in [0.05, 0.1) is 22.6 Å². The monoisotopic (exact) mass is 367 g/mol. The first-order chi connectivity index (χ1) is 12.2. The smallest absolute Gasteiger partial charge is 0.266 e. The molecule has 1 N–H and O–H groups in total. The zero-order valence-corrected chi connectivity index (χ0v) is 14.5. The third-order valence-electron chi connectivity index (χ3n) is 4.90. The summed E-state index contributed by atoms with van der Waals surface area (Å²) in [6.07, 6.45) is -3.16. The van der Waals surface area contributed by atoms with Crippen LogP contribution in [0.25, 0.3) is 5.69 Å². The lowest BCUT2D eigenvalue weighted by atomic mass is 9.91. The zero-order valence-electron chi connectivity index (χ0n) is 14.5. The average molecular weight is 367 g/mol. The molecule has 1 amide bonds. The van der Waals surface area contributed by atoms with E-state index in [1.807, 2.05) is 0 Å². The lowest BCUT2D eigenvalue weighted by Gasteiger charge is -2.37. The number of carbonyl (C=O) groups excluding carboxylic acids is 1. The van der Waals surface area contributed by atoms with E-state index in [0.29, 0.717) is 22.6 Å². The summed E-state index contributed by atoms with van der Waals surface area (Å²) in [7, 11) is 0. The first-order valence-electron chi connectivity index (χ1n) is 8.35. The fraction of sp³-hybridized carbons (Fsp3) is 0.444. The molecular weight excluding hydrogens is 347 g/mol. The van der Waals surface area contributed by atoms with E-state index in [2.05, 4.69) is 5.10 Å². The summed E-state index contributed by atoms with van der Waals surface area (Å²) >= 11 is 0. The van der Waals surface area contributed by atoms with Gasteiger partial charge < -0.3 is 10.0 Å². The molecule has 2 aromatic rings. The van der Waals surface area contributed by atoms with Crippen LogP contribution < -0.4 is 0 Å². The SMILES string of the molecule is Cc1nn(-c2ccc(F)cc2)c(C)c1C(=O)N1CCC(O)(C(F)F)CC1. The van der Waals surface area contributed by atoms with Gasteiger partial charge in [0.2, 0.25) is 0 Å². The van der Waals surface area contributed by atoms with Crippen LogP contribution in [-0.2, 0) is 0 Å². The number of aryl methyl sites for hydroxylation is 1. The van der Waals surface area contributed by atoms with E-state index < -0.39 is 12.0 Å². The van der Waals surface area contributed by atoms with Crippen LogP contribution in [0.5, 0.6) is 0 Å². The van der Waals surface area contributed by atoms with E-state index in [0.717, 1.165) is 0 Å². The lowest BCUT2D eigenvalue weighted by Crippen LogP contribution is -2.50. The molecule has 1 aliphatic heterocycles. The van der Waals surface area contributed by atoms with Gasteiger partial charge in [0.25, 0.3) is 12.3 Å². The highest BCUT2D eigenvalue weighted by molar-refractivity contribution is 5.96. The fourth-order valence-corrected chi connectivity index (χ4v) is 3.26. The van der Waals surface area contributed by atoms with Crippen LogP contribution in [0.2, 0.25) is 0 Å². The molecular formula is C18H20F3N3O2. The normalized spacial score (nSPS) is 17.0. The van der Waals surface area contributed by atoms with Crippen LogP contribution in [0.3, 0.4) is 0 Å². The Bertz CT molecular complexity index is 810. The average Bonchev–Trinajstić information content (AvgIpc) is 2.90. The quantitative estimate of drug-likeness (QED) is 0.908. The van der Waals surface area contributed by atoms with Gasteiger partial charge in [-0.05, 0) is 51.0 Å². The number of hydrogen-bond acceptors (Lipinski definition) is 3. The number of carbonyl (C=O) groups is 1. The standard InChI is InChI=1S/C18H20F3N3O2/c1-11-15(12(2)24(22-11)14-5-3-13(19)4-6-14)16(25)23-9-7-18(26,8-10-23)17(20)21/h3-6,17,26H,7-10H2,1-2H3. The number of piperidine rings is 1. The van der Waals surface area contributed by atoms with E-state index in [1.54, 1.807) is 30.7 Å². The van der Waals surface area contributed by atoms with Crippen molar-refractivity contribution >= 4 is 5.91 Å². The summed E-state index contributed by atoms with van der Waals surface area (Å²) < 4.78 is 40.5. The molecule has 5 nitrogen and oxygen atoms in total. The number of alkyl halides is 2. The summed E-state index contributed by atoms with van der Waals surface area (Å²) in [4.78, 5) is 14.3. The van der Waals surface area contributed by atoms with Gasteiger partial charge in [-0.3, -0.25) is 4.79 Å². The Balaban J connectivity index is 1.84. The van der Waals surface area contributed by atoms with Crippen molar-refractivity contribution in [2.75, 3.05) is 13.1 Å². The second-order valence-corrected chi connectivity index (χ2v) is 6.63. The number of aromatic nitrogens is 2. The van der Waals surface area contributed by atoms with E-state index in [-0.39, 0.29) is 37.7 Å². The molecule has 0 unspecified atom stereocenters. The number of halogens is 3. The van der Waals surface area contributed by atoms with Gasteiger partial charge >= 0.3 is 0 Å². The maximum absolute atomic E-state index is 13.1. The summed E-state index contributed by atoms with van der Waals surface area (Å²) in [5, 5.41) is 14.2. The predicted octanol–water partition coefficient (Wildman–Crippen LogP) is 2.86. The van der Waals surface area contributed by atoms with E-state index in [1.165, 1.54) is 17.0 Å². The van der Waals surface area contributed by atoms with Crippen molar-refractivity contribution in [3.63, 3.8) is 0 Å². The van der Waals surface area contributed by atoms with Crippen molar-refractivity contribution in [2.45, 2.75) is 38.7 Å². The van der Waals surface area contributed by atoms with Gasteiger partial charge in [-0.1, -0.05) is 0 Å². The highest BCUT2D eigenvalue weighted by Crippen LogP contribution is 2.30. The summed E-state index contributed by atoms with van der Waals surface area (Å²) in [6.45, 7) is 3.54. The van der Waals surface area contributed by atoms with Crippen LogP contribution in [0.1, 0.15) is 34.6 Å². The maximum atomic E-state index is 13.1. The first kappa shape index (κ1) is 18.4. The molecule has 3 rings (SSSR count). The molecule has 1 aromatic carbocycles. The Kier molecular flexibility index (Phi) is 4.79. The minimum Gasteiger partial charge on any atom is -0.384 e. The van der Waals surface area contributed by atoms with E-state index >= 15 is 0 Å². The molecule has 0 spiro atoms. The molecule has 0 aliphatic carbocycles. The first-order valence-corrected chi connectivity index (χ1v) is 8.35.